The van der Waals surface area contributed by atoms with E-state index < -0.39 is 17.5 Å². The highest BCUT2D eigenvalue weighted by Crippen LogP contribution is 2.55. The maximum atomic E-state index is 14.2. The lowest BCUT2D eigenvalue weighted by atomic mass is 9.87. The zero-order valence-electron chi connectivity index (χ0n) is 22.9. The number of carbonyl (C=O) groups excluding carboxylic acids is 3. The molecular formula is C33H28N4O4. The molecule has 1 aromatic heterocycles. The molecule has 2 amide bonds. The first-order valence-electron chi connectivity index (χ1n) is 13.6. The average Bonchev–Trinajstić information content (AvgIpc) is 3.64. The van der Waals surface area contributed by atoms with Crippen molar-refractivity contribution >= 4 is 46.8 Å². The quantitative estimate of drug-likeness (QED) is 0.352. The largest absolute Gasteiger partial charge is 0.354 e. The van der Waals surface area contributed by atoms with E-state index in [-0.39, 0.29) is 24.0 Å². The van der Waals surface area contributed by atoms with Gasteiger partial charge < -0.3 is 20.1 Å². The molecule has 3 atom stereocenters. The Kier molecular flexibility index (Phi) is 5.51. The van der Waals surface area contributed by atoms with Gasteiger partial charge in [-0.1, -0.05) is 77.0 Å². The molecule has 8 heteroatoms. The number of aryl methyl sites for hydroxylation is 3. The normalized spacial score (nSPS) is 22.9. The molecule has 0 radical (unpaired) electrons. The Morgan fingerprint density at radius 2 is 1.63 bits per heavy atom. The van der Waals surface area contributed by atoms with Gasteiger partial charge in [0.25, 0.3) is 5.91 Å². The molecule has 41 heavy (non-hydrogen) atoms. The molecule has 3 unspecified atom stereocenters. The van der Waals surface area contributed by atoms with E-state index in [2.05, 4.69) is 15.8 Å². The minimum atomic E-state index is -1.37. The molecule has 4 aromatic rings. The summed E-state index contributed by atoms with van der Waals surface area (Å²) in [5.41, 5.74) is 5.34. The van der Waals surface area contributed by atoms with Gasteiger partial charge in [0.2, 0.25) is 5.91 Å². The van der Waals surface area contributed by atoms with Gasteiger partial charge in [0.1, 0.15) is 17.4 Å². The molecule has 3 aromatic carbocycles. The molecule has 7 rings (SSSR count). The smallest absolute Gasteiger partial charge is 0.255 e. The topological polar surface area (TPSA) is 105 Å². The van der Waals surface area contributed by atoms with Gasteiger partial charge in [0, 0.05) is 23.4 Å². The first-order chi connectivity index (χ1) is 19.8. The fourth-order valence-corrected chi connectivity index (χ4v) is 6.60. The van der Waals surface area contributed by atoms with Crippen LogP contribution >= 0.6 is 0 Å². The zero-order chi connectivity index (χ0) is 28.5. The molecule has 204 valence electrons. The van der Waals surface area contributed by atoms with E-state index in [0.717, 1.165) is 22.3 Å². The van der Waals surface area contributed by atoms with Crippen LogP contribution in [-0.4, -0.2) is 28.8 Å². The van der Waals surface area contributed by atoms with E-state index in [1.165, 1.54) is 0 Å². The predicted octanol–water partition coefficient (Wildman–Crippen LogP) is 5.50. The first-order valence-corrected chi connectivity index (χ1v) is 13.6. The number of hydrogen-bond donors (Lipinski definition) is 2. The van der Waals surface area contributed by atoms with Crippen molar-refractivity contribution in [3.8, 4) is 0 Å². The van der Waals surface area contributed by atoms with Gasteiger partial charge in [-0.15, -0.1) is 0 Å². The van der Waals surface area contributed by atoms with Crippen LogP contribution in [0.2, 0.25) is 0 Å². The van der Waals surface area contributed by atoms with E-state index in [9.17, 15) is 14.4 Å². The van der Waals surface area contributed by atoms with Crippen molar-refractivity contribution in [2.75, 3.05) is 15.5 Å². The van der Waals surface area contributed by atoms with Gasteiger partial charge >= 0.3 is 0 Å². The Labute approximate surface area is 237 Å². The second-order valence-electron chi connectivity index (χ2n) is 11.1. The lowest BCUT2D eigenvalue weighted by Gasteiger charge is -2.39. The molecule has 1 fully saturated rings. The number of fused-ring (bicyclic) bond motifs is 3. The summed E-state index contributed by atoms with van der Waals surface area (Å²) in [7, 11) is 0. The summed E-state index contributed by atoms with van der Waals surface area (Å²) in [6, 6.07) is 20.3. The van der Waals surface area contributed by atoms with Crippen molar-refractivity contribution in [1.29, 1.82) is 0 Å². The fourth-order valence-electron chi connectivity index (χ4n) is 6.60. The van der Waals surface area contributed by atoms with E-state index in [0.29, 0.717) is 34.1 Å². The number of benzene rings is 3. The van der Waals surface area contributed by atoms with E-state index in [1.807, 2.05) is 91.6 Å². The Hall–Kier alpha value is -4.98. The second kappa shape index (κ2) is 9.02. The minimum Gasteiger partial charge on any atom is -0.354 e. The standard InChI is InChI=1S/C33H28N4O4/c1-18-9-12-24-22(15-18)28(31(39)34-24)30-26(38)17-33(23-16-19(2)10-13-25(23)35-32(33)40)37(30)29-20(3)36-41-27(29)14-11-21-7-5-4-6-8-21/h4-16,28,30H,17H2,1-3H3,(H,34,39)(H,35,40)/b14-11+. The molecule has 2 N–H and O–H groups in total. The van der Waals surface area contributed by atoms with Crippen LogP contribution < -0.4 is 15.5 Å². The van der Waals surface area contributed by atoms with Gasteiger partial charge in [-0.2, -0.15) is 0 Å². The number of aromatic nitrogens is 1. The van der Waals surface area contributed by atoms with Crippen LogP contribution in [0.25, 0.3) is 12.2 Å². The van der Waals surface area contributed by atoms with Crippen molar-refractivity contribution in [1.82, 2.24) is 5.16 Å². The van der Waals surface area contributed by atoms with E-state index in [4.69, 9.17) is 4.52 Å². The molecule has 0 aliphatic carbocycles. The summed E-state index contributed by atoms with van der Waals surface area (Å²) in [6.45, 7) is 5.70. The number of rotatable bonds is 4. The summed E-state index contributed by atoms with van der Waals surface area (Å²) in [4.78, 5) is 43.8. The maximum Gasteiger partial charge on any atom is 0.255 e. The third-order valence-electron chi connectivity index (χ3n) is 8.42. The van der Waals surface area contributed by atoms with Gasteiger partial charge in [-0.05, 0) is 50.1 Å². The molecule has 4 heterocycles. The van der Waals surface area contributed by atoms with Crippen molar-refractivity contribution < 1.29 is 18.9 Å². The van der Waals surface area contributed by atoms with Crippen molar-refractivity contribution in [3.05, 3.63) is 106 Å². The first kappa shape index (κ1) is 25.0. The Bertz CT molecular complexity index is 1790. The average molecular weight is 545 g/mol. The highest BCUT2D eigenvalue weighted by Gasteiger charge is 2.64. The minimum absolute atomic E-state index is 0.0860. The number of nitrogens with one attached hydrogen (secondary N) is 2. The van der Waals surface area contributed by atoms with Crippen molar-refractivity contribution in [2.24, 2.45) is 0 Å². The summed E-state index contributed by atoms with van der Waals surface area (Å²) in [6.07, 6.45) is 3.61. The van der Waals surface area contributed by atoms with Gasteiger partial charge in [0.15, 0.2) is 17.1 Å². The molecule has 1 saturated heterocycles. The summed E-state index contributed by atoms with van der Waals surface area (Å²) < 4.78 is 5.82. The highest BCUT2D eigenvalue weighted by molar-refractivity contribution is 6.17. The molecule has 3 aliphatic heterocycles. The van der Waals surface area contributed by atoms with Crippen LogP contribution in [0.3, 0.4) is 0 Å². The highest BCUT2D eigenvalue weighted by atomic mass is 16.5. The predicted molar refractivity (Wildman–Crippen MR) is 157 cm³/mol. The van der Waals surface area contributed by atoms with E-state index in [1.54, 1.807) is 13.0 Å². The Morgan fingerprint density at radius 1 is 0.902 bits per heavy atom. The van der Waals surface area contributed by atoms with Gasteiger partial charge in [-0.25, -0.2) is 0 Å². The molecule has 0 saturated carbocycles. The number of amides is 2. The van der Waals surface area contributed by atoms with Crippen LogP contribution in [0.1, 0.15) is 51.6 Å². The lowest BCUT2D eigenvalue weighted by Crippen LogP contribution is -2.53. The second-order valence-corrected chi connectivity index (χ2v) is 11.1. The third-order valence-corrected chi connectivity index (χ3v) is 8.42. The van der Waals surface area contributed by atoms with Crippen LogP contribution in [-0.2, 0) is 19.9 Å². The van der Waals surface area contributed by atoms with Crippen LogP contribution in [0, 0.1) is 20.8 Å². The van der Waals surface area contributed by atoms with Crippen molar-refractivity contribution in [3.63, 3.8) is 0 Å². The number of nitrogens with zero attached hydrogens (tertiary/aromatic N) is 2. The van der Waals surface area contributed by atoms with Crippen LogP contribution in [0.15, 0.2) is 71.3 Å². The maximum absolute atomic E-state index is 14.2. The summed E-state index contributed by atoms with van der Waals surface area (Å²) in [5.74, 6) is -1.19. The number of hydrogen-bond acceptors (Lipinski definition) is 6. The number of ketones is 1. The van der Waals surface area contributed by atoms with Gasteiger partial charge in [0.05, 0.1) is 5.92 Å². The molecule has 3 aliphatic rings. The van der Waals surface area contributed by atoms with Crippen LogP contribution in [0.5, 0.6) is 0 Å². The SMILES string of the molecule is Cc1ccc2c(c1)C(C1C(=O)CC3(C(=O)Nc4ccc(C)cc43)N1c1c(C)noc1/C=C/c1ccccc1)C(=O)N2. The Balaban J connectivity index is 1.47. The number of Topliss-reactive ketones (excluding diaryl/α,β-unsaturated/α-hetero) is 1. The molecule has 8 nitrogen and oxygen atoms in total. The Morgan fingerprint density at radius 3 is 2.41 bits per heavy atom. The molecule has 0 bridgehead atoms. The van der Waals surface area contributed by atoms with Gasteiger partial charge in [-0.3, -0.25) is 14.4 Å². The van der Waals surface area contributed by atoms with Crippen LogP contribution in [0.4, 0.5) is 17.1 Å². The summed E-state index contributed by atoms with van der Waals surface area (Å²) in [5, 5.41) is 10.3. The monoisotopic (exact) mass is 544 g/mol. The number of carbonyl (C=O) groups is 3. The zero-order valence-corrected chi connectivity index (χ0v) is 22.9. The molecular weight excluding hydrogens is 516 g/mol. The summed E-state index contributed by atoms with van der Waals surface area (Å²) >= 11 is 0. The lowest BCUT2D eigenvalue weighted by molar-refractivity contribution is -0.124. The molecule has 1 spiro atoms. The van der Waals surface area contributed by atoms with E-state index >= 15 is 0 Å². The van der Waals surface area contributed by atoms with Crippen molar-refractivity contribution in [2.45, 2.75) is 44.7 Å². The fraction of sp³-hybridized carbons (Fsp3) is 0.212. The third kappa shape index (κ3) is 3.67. The number of anilines is 3.